The maximum atomic E-state index is 12.2. The predicted octanol–water partition coefficient (Wildman–Crippen LogP) is 5.54. The van der Waals surface area contributed by atoms with Crippen LogP contribution in [-0.2, 0) is 24.6 Å². The lowest BCUT2D eigenvalue weighted by molar-refractivity contribution is 0.131. The van der Waals surface area contributed by atoms with Crippen molar-refractivity contribution >= 4 is 7.82 Å². The Hall–Kier alpha value is -0.930. The van der Waals surface area contributed by atoms with Gasteiger partial charge >= 0.3 is 7.82 Å². The van der Waals surface area contributed by atoms with Crippen molar-refractivity contribution in [1.29, 1.82) is 0 Å². The van der Waals surface area contributed by atoms with E-state index in [2.05, 4.69) is 31.2 Å². The third-order valence-corrected chi connectivity index (χ3v) is 4.94. The summed E-state index contributed by atoms with van der Waals surface area (Å²) >= 11 is 0. The van der Waals surface area contributed by atoms with Crippen LogP contribution >= 0.6 is 7.82 Å². The zero-order valence-corrected chi connectivity index (χ0v) is 15.4. The maximum Gasteiger partial charge on any atom is 0.475 e. The van der Waals surface area contributed by atoms with Crippen LogP contribution in [0.2, 0.25) is 0 Å². The molecule has 0 spiro atoms. The van der Waals surface area contributed by atoms with Crippen molar-refractivity contribution in [1.82, 2.24) is 0 Å². The normalized spacial score (nSPS) is 12.6. The van der Waals surface area contributed by atoms with Crippen LogP contribution in [0.1, 0.15) is 45.6 Å². The van der Waals surface area contributed by atoms with Crippen LogP contribution in [0.4, 0.5) is 0 Å². The van der Waals surface area contributed by atoms with Crippen LogP contribution in [0.5, 0.6) is 0 Å². The Balaban J connectivity index is 2.55. The maximum absolute atomic E-state index is 12.2. The molecule has 0 saturated carbocycles. The first kappa shape index (κ1) is 20.1. The van der Waals surface area contributed by atoms with E-state index in [4.69, 9.17) is 13.6 Å². The summed E-state index contributed by atoms with van der Waals surface area (Å²) in [5, 5.41) is 0. The van der Waals surface area contributed by atoms with Gasteiger partial charge in [0.2, 0.25) is 0 Å². The Bertz CT molecular complexity index is 489. The number of hydrogen-bond acceptors (Lipinski definition) is 4. The highest BCUT2D eigenvalue weighted by molar-refractivity contribution is 7.48. The fraction of sp³-hybridized carbons (Fsp3) is 0.556. The van der Waals surface area contributed by atoms with E-state index < -0.39 is 7.82 Å². The summed E-state index contributed by atoms with van der Waals surface area (Å²) in [5.41, 5.74) is 2.64. The first-order valence-corrected chi connectivity index (χ1v) is 9.85. The summed E-state index contributed by atoms with van der Waals surface area (Å²) in [4.78, 5) is 0. The quantitative estimate of drug-likeness (QED) is 0.370. The van der Waals surface area contributed by atoms with Crippen LogP contribution in [0.15, 0.2) is 42.0 Å². The lowest BCUT2D eigenvalue weighted by atomic mass is 10.0. The second-order valence-electron chi connectivity index (χ2n) is 5.18. The summed E-state index contributed by atoms with van der Waals surface area (Å²) in [6.45, 7) is 6.55. The molecule has 0 radical (unpaired) electrons. The van der Waals surface area contributed by atoms with E-state index in [-0.39, 0.29) is 6.61 Å². The van der Waals surface area contributed by atoms with Gasteiger partial charge in [-0.15, -0.1) is 0 Å². The fourth-order valence-corrected chi connectivity index (χ4v) is 3.39. The summed E-state index contributed by atoms with van der Waals surface area (Å²) in [5.74, 6) is 0. The zero-order valence-electron chi connectivity index (χ0n) is 14.5. The molecule has 0 atom stereocenters. The van der Waals surface area contributed by atoms with Crippen LogP contribution in [0.3, 0.4) is 0 Å². The summed E-state index contributed by atoms with van der Waals surface area (Å²) in [6.07, 6.45) is 6.09. The van der Waals surface area contributed by atoms with E-state index in [1.165, 1.54) is 11.1 Å². The van der Waals surface area contributed by atoms with Crippen molar-refractivity contribution in [2.75, 3.05) is 19.8 Å². The molecule has 0 unspecified atom stereocenters. The number of benzene rings is 1. The molecule has 23 heavy (non-hydrogen) atoms. The topological polar surface area (TPSA) is 44.8 Å². The number of hydrogen-bond donors (Lipinski definition) is 0. The molecule has 0 aliphatic heterocycles. The lowest BCUT2D eigenvalue weighted by Gasteiger charge is -2.15. The van der Waals surface area contributed by atoms with Crippen molar-refractivity contribution in [2.24, 2.45) is 0 Å². The fourth-order valence-electron chi connectivity index (χ4n) is 2.27. The van der Waals surface area contributed by atoms with Gasteiger partial charge in [0.1, 0.15) is 0 Å². The van der Waals surface area contributed by atoms with Gasteiger partial charge in [-0.1, -0.05) is 55.3 Å². The number of phosphoric ester groups is 1. The van der Waals surface area contributed by atoms with E-state index in [0.717, 1.165) is 25.7 Å². The van der Waals surface area contributed by atoms with Crippen LogP contribution in [0, 0.1) is 0 Å². The lowest BCUT2D eigenvalue weighted by Crippen LogP contribution is -2.01. The highest BCUT2D eigenvalue weighted by Gasteiger charge is 2.24. The van der Waals surface area contributed by atoms with E-state index >= 15 is 0 Å². The third kappa shape index (κ3) is 8.47. The van der Waals surface area contributed by atoms with Gasteiger partial charge in [0.05, 0.1) is 19.8 Å². The zero-order chi connectivity index (χ0) is 17.0. The van der Waals surface area contributed by atoms with Gasteiger partial charge in [-0.2, -0.15) is 0 Å². The van der Waals surface area contributed by atoms with Crippen molar-refractivity contribution in [2.45, 2.75) is 46.5 Å². The second-order valence-corrected chi connectivity index (χ2v) is 6.85. The van der Waals surface area contributed by atoms with Gasteiger partial charge in [0.25, 0.3) is 0 Å². The van der Waals surface area contributed by atoms with Crippen LogP contribution < -0.4 is 0 Å². The molecule has 0 saturated heterocycles. The van der Waals surface area contributed by atoms with Gasteiger partial charge in [-0.25, -0.2) is 4.57 Å². The summed E-state index contributed by atoms with van der Waals surface area (Å²) < 4.78 is 27.9. The summed E-state index contributed by atoms with van der Waals surface area (Å²) in [6, 6.07) is 10.4. The number of rotatable bonds is 12. The Morgan fingerprint density at radius 2 is 1.65 bits per heavy atom. The molecule has 0 aliphatic carbocycles. The van der Waals surface area contributed by atoms with Crippen molar-refractivity contribution in [3.8, 4) is 0 Å². The molecule has 0 amide bonds. The molecule has 5 heteroatoms. The van der Waals surface area contributed by atoms with E-state index in [0.29, 0.717) is 13.2 Å². The molecule has 0 fully saturated rings. The molecule has 0 bridgehead atoms. The number of phosphoric acid groups is 1. The van der Waals surface area contributed by atoms with Crippen molar-refractivity contribution < 1.29 is 18.1 Å². The van der Waals surface area contributed by atoms with E-state index in [9.17, 15) is 4.57 Å². The Morgan fingerprint density at radius 3 is 2.22 bits per heavy atom. The van der Waals surface area contributed by atoms with Gasteiger partial charge in [0, 0.05) is 0 Å². The molecule has 130 valence electrons. The van der Waals surface area contributed by atoms with Gasteiger partial charge in [-0.05, 0) is 38.7 Å². The van der Waals surface area contributed by atoms with Crippen LogP contribution in [0.25, 0.3) is 0 Å². The van der Waals surface area contributed by atoms with Crippen molar-refractivity contribution in [3.05, 3.63) is 47.5 Å². The highest BCUT2D eigenvalue weighted by Crippen LogP contribution is 2.49. The first-order chi connectivity index (χ1) is 11.1. The SMILES string of the molecule is CCC/C(=C\COP(=O)(OCC)OCC)CCc1ccccc1. The molecule has 4 nitrogen and oxygen atoms in total. The molecule has 1 aromatic carbocycles. The molecule has 0 aromatic heterocycles. The second kappa shape index (κ2) is 11.6. The van der Waals surface area contributed by atoms with Crippen molar-refractivity contribution in [3.63, 3.8) is 0 Å². The largest absolute Gasteiger partial charge is 0.475 e. The predicted molar refractivity (Wildman–Crippen MR) is 94.6 cm³/mol. The molecular formula is C18H29O4P. The molecule has 1 rings (SSSR count). The molecule has 0 heterocycles. The highest BCUT2D eigenvalue weighted by atomic mass is 31.2. The monoisotopic (exact) mass is 340 g/mol. The number of allylic oxidation sites excluding steroid dienone is 1. The van der Waals surface area contributed by atoms with E-state index in [1.54, 1.807) is 13.8 Å². The molecule has 0 aliphatic rings. The van der Waals surface area contributed by atoms with Crippen LogP contribution in [-0.4, -0.2) is 19.8 Å². The van der Waals surface area contributed by atoms with Gasteiger partial charge in [-0.3, -0.25) is 13.6 Å². The third-order valence-electron chi connectivity index (χ3n) is 3.33. The standard InChI is InChI=1S/C18H29O4P/c1-4-10-17(13-14-18-11-8-7-9-12-18)15-16-22-23(19,20-5-2)21-6-3/h7-9,11-12,15H,4-6,10,13-14,16H2,1-3H3/b17-15+. The minimum Gasteiger partial charge on any atom is -0.287 e. The Labute approximate surface area is 140 Å². The minimum absolute atomic E-state index is 0.251. The first-order valence-electron chi connectivity index (χ1n) is 8.39. The minimum atomic E-state index is -3.42. The average molecular weight is 340 g/mol. The molecular weight excluding hydrogens is 311 g/mol. The smallest absolute Gasteiger partial charge is 0.287 e. The number of aryl methyl sites for hydroxylation is 1. The molecule has 0 N–H and O–H groups in total. The average Bonchev–Trinajstić information content (AvgIpc) is 2.54. The van der Waals surface area contributed by atoms with E-state index in [1.807, 2.05) is 12.1 Å². The summed E-state index contributed by atoms with van der Waals surface area (Å²) in [7, 11) is -3.42. The van der Waals surface area contributed by atoms with Gasteiger partial charge in [0.15, 0.2) is 0 Å². The van der Waals surface area contributed by atoms with Gasteiger partial charge < -0.3 is 0 Å². The molecule has 1 aromatic rings. The Morgan fingerprint density at radius 1 is 1.00 bits per heavy atom. The Kier molecular flexibility index (Phi) is 10.1.